The van der Waals surface area contributed by atoms with Crippen LogP contribution in [-0.4, -0.2) is 25.2 Å². The number of nitrogens with one attached hydrogen (secondary N) is 1. The van der Waals surface area contributed by atoms with E-state index in [0.29, 0.717) is 25.2 Å². The van der Waals surface area contributed by atoms with Gasteiger partial charge in [-0.25, -0.2) is 4.99 Å². The highest BCUT2D eigenvalue weighted by Gasteiger charge is 2.21. The molecule has 100 valence electrons. The van der Waals surface area contributed by atoms with Crippen molar-refractivity contribution in [1.29, 1.82) is 0 Å². The lowest BCUT2D eigenvalue weighted by Crippen LogP contribution is -2.33. The molecule has 0 radical (unpaired) electrons. The van der Waals surface area contributed by atoms with Gasteiger partial charge in [0, 0.05) is 10.5 Å². The topological polar surface area (TPSA) is 59.6 Å². The molecule has 2 rings (SSSR count). The summed E-state index contributed by atoms with van der Waals surface area (Å²) in [7, 11) is 0. The monoisotopic (exact) mass is 425 g/mol. The second-order valence-electron chi connectivity index (χ2n) is 3.99. The maximum Gasteiger partial charge on any atom is 0.188 e. The van der Waals surface area contributed by atoms with E-state index in [2.05, 4.69) is 26.2 Å². The van der Waals surface area contributed by atoms with Crippen LogP contribution >= 0.6 is 39.9 Å². The Hall–Kier alpha value is -0.500. The van der Waals surface area contributed by atoms with Gasteiger partial charge in [0.1, 0.15) is 12.4 Å². The minimum absolute atomic E-state index is 0. The second kappa shape index (κ2) is 7.83. The van der Waals surface area contributed by atoms with Crippen LogP contribution in [0, 0.1) is 0 Å². The van der Waals surface area contributed by atoms with E-state index >= 15 is 0 Å². The first-order valence-corrected chi connectivity index (χ1v) is 6.48. The fourth-order valence-corrected chi connectivity index (χ4v) is 1.61. The molecule has 0 spiro atoms. The van der Waals surface area contributed by atoms with Gasteiger partial charge < -0.3 is 15.8 Å². The molecule has 0 unspecified atom stereocenters. The molecule has 0 atom stereocenters. The van der Waals surface area contributed by atoms with E-state index in [0.717, 1.165) is 10.2 Å². The average molecular weight is 426 g/mol. The predicted octanol–water partition coefficient (Wildman–Crippen LogP) is 2.51. The lowest BCUT2D eigenvalue weighted by atomic mass is 10.3. The molecule has 0 aliphatic heterocycles. The van der Waals surface area contributed by atoms with Crippen molar-refractivity contribution in [2.75, 3.05) is 13.2 Å². The third-order valence-corrected chi connectivity index (χ3v) is 2.91. The normalized spacial score (nSPS) is 14.8. The molecular formula is C12H17BrIN3O. The minimum Gasteiger partial charge on any atom is -0.492 e. The Labute approximate surface area is 133 Å². The number of benzene rings is 1. The standard InChI is InChI=1S/C12H16BrN3O.HI/c13-9-1-5-11(6-2-9)17-8-7-15-12(14)16-10-3-4-10;/h1-2,5-6,10H,3-4,7-8H2,(H3,14,15,16);1H. The fraction of sp³-hybridized carbons (Fsp3) is 0.417. The number of halogens is 2. The predicted molar refractivity (Wildman–Crippen MR) is 87.7 cm³/mol. The molecule has 1 aromatic rings. The first kappa shape index (κ1) is 15.6. The summed E-state index contributed by atoms with van der Waals surface area (Å²) in [6, 6.07) is 8.27. The molecule has 0 amide bonds. The molecule has 1 saturated carbocycles. The summed E-state index contributed by atoms with van der Waals surface area (Å²) in [4.78, 5) is 4.19. The van der Waals surface area contributed by atoms with Gasteiger partial charge in [-0.05, 0) is 37.1 Å². The van der Waals surface area contributed by atoms with Crippen LogP contribution in [0.4, 0.5) is 0 Å². The molecule has 1 aliphatic rings. The second-order valence-corrected chi connectivity index (χ2v) is 4.90. The number of nitrogens with two attached hydrogens (primary N) is 1. The Morgan fingerprint density at radius 1 is 1.39 bits per heavy atom. The van der Waals surface area contributed by atoms with Crippen molar-refractivity contribution in [2.45, 2.75) is 18.9 Å². The molecule has 6 heteroatoms. The lowest BCUT2D eigenvalue weighted by Gasteiger charge is -2.05. The number of rotatable bonds is 5. The van der Waals surface area contributed by atoms with Gasteiger partial charge in [-0.1, -0.05) is 15.9 Å². The Balaban J connectivity index is 0.00000162. The number of ether oxygens (including phenoxy) is 1. The van der Waals surface area contributed by atoms with Crippen LogP contribution in [0.2, 0.25) is 0 Å². The van der Waals surface area contributed by atoms with Gasteiger partial charge in [-0.3, -0.25) is 0 Å². The summed E-state index contributed by atoms with van der Waals surface area (Å²) >= 11 is 3.37. The number of nitrogens with zero attached hydrogens (tertiary/aromatic N) is 1. The molecule has 1 aliphatic carbocycles. The van der Waals surface area contributed by atoms with E-state index in [1.165, 1.54) is 12.8 Å². The van der Waals surface area contributed by atoms with Gasteiger partial charge in [-0.2, -0.15) is 0 Å². The van der Waals surface area contributed by atoms with Crippen molar-refractivity contribution in [1.82, 2.24) is 5.32 Å². The summed E-state index contributed by atoms with van der Waals surface area (Å²) in [5, 5.41) is 3.13. The van der Waals surface area contributed by atoms with Gasteiger partial charge in [0.2, 0.25) is 0 Å². The van der Waals surface area contributed by atoms with E-state index < -0.39 is 0 Å². The maximum atomic E-state index is 5.69. The van der Waals surface area contributed by atoms with Gasteiger partial charge >= 0.3 is 0 Å². The zero-order chi connectivity index (χ0) is 12.1. The molecule has 3 N–H and O–H groups in total. The van der Waals surface area contributed by atoms with Crippen LogP contribution in [0.1, 0.15) is 12.8 Å². The van der Waals surface area contributed by atoms with Crippen LogP contribution in [0.15, 0.2) is 33.7 Å². The first-order valence-electron chi connectivity index (χ1n) is 5.69. The molecule has 1 fully saturated rings. The summed E-state index contributed by atoms with van der Waals surface area (Å²) in [6.45, 7) is 1.11. The minimum atomic E-state index is 0. The SMILES string of the molecule is I.NC(=NCCOc1ccc(Br)cc1)NC1CC1. The number of guanidine groups is 1. The van der Waals surface area contributed by atoms with Gasteiger partial charge in [-0.15, -0.1) is 24.0 Å². The van der Waals surface area contributed by atoms with Gasteiger partial charge in [0.25, 0.3) is 0 Å². The Kier molecular flexibility index (Phi) is 6.77. The number of hydrogen-bond donors (Lipinski definition) is 2. The smallest absolute Gasteiger partial charge is 0.188 e. The van der Waals surface area contributed by atoms with Crippen LogP contribution < -0.4 is 15.8 Å². The fourth-order valence-electron chi connectivity index (χ4n) is 1.34. The third kappa shape index (κ3) is 5.90. The van der Waals surface area contributed by atoms with E-state index in [-0.39, 0.29) is 24.0 Å². The molecule has 1 aromatic carbocycles. The Morgan fingerprint density at radius 2 is 2.06 bits per heavy atom. The Bertz CT molecular complexity index is 393. The largest absolute Gasteiger partial charge is 0.492 e. The highest BCUT2D eigenvalue weighted by Crippen LogP contribution is 2.18. The van der Waals surface area contributed by atoms with E-state index in [4.69, 9.17) is 10.5 Å². The number of hydrogen-bond acceptors (Lipinski definition) is 2. The summed E-state index contributed by atoms with van der Waals surface area (Å²) in [5.74, 6) is 1.36. The van der Waals surface area contributed by atoms with Crippen molar-refractivity contribution in [3.8, 4) is 5.75 Å². The van der Waals surface area contributed by atoms with Gasteiger partial charge in [0.15, 0.2) is 5.96 Å². The van der Waals surface area contributed by atoms with E-state index in [9.17, 15) is 0 Å². The zero-order valence-corrected chi connectivity index (χ0v) is 13.9. The van der Waals surface area contributed by atoms with Crippen LogP contribution in [-0.2, 0) is 0 Å². The van der Waals surface area contributed by atoms with Crippen molar-refractivity contribution in [3.05, 3.63) is 28.7 Å². The van der Waals surface area contributed by atoms with Crippen molar-refractivity contribution in [2.24, 2.45) is 10.7 Å². The molecule has 4 nitrogen and oxygen atoms in total. The maximum absolute atomic E-state index is 5.69. The first-order chi connectivity index (χ1) is 8.24. The molecular weight excluding hydrogens is 409 g/mol. The zero-order valence-electron chi connectivity index (χ0n) is 9.93. The average Bonchev–Trinajstić information content (AvgIpc) is 3.11. The van der Waals surface area contributed by atoms with Crippen LogP contribution in [0.5, 0.6) is 5.75 Å². The summed E-state index contributed by atoms with van der Waals surface area (Å²) in [6.07, 6.45) is 2.40. The highest BCUT2D eigenvalue weighted by atomic mass is 127. The molecule has 0 saturated heterocycles. The third-order valence-electron chi connectivity index (χ3n) is 2.39. The highest BCUT2D eigenvalue weighted by molar-refractivity contribution is 14.0. The molecule has 0 aromatic heterocycles. The van der Waals surface area contributed by atoms with Crippen LogP contribution in [0.3, 0.4) is 0 Å². The van der Waals surface area contributed by atoms with Crippen molar-refractivity contribution < 1.29 is 4.74 Å². The quantitative estimate of drug-likeness (QED) is 0.330. The van der Waals surface area contributed by atoms with Crippen molar-refractivity contribution >= 4 is 45.9 Å². The number of aliphatic imine (C=N–C) groups is 1. The van der Waals surface area contributed by atoms with Crippen LogP contribution in [0.25, 0.3) is 0 Å². The summed E-state index contributed by atoms with van der Waals surface area (Å²) < 4.78 is 6.56. The molecule has 18 heavy (non-hydrogen) atoms. The molecule has 0 bridgehead atoms. The van der Waals surface area contributed by atoms with E-state index in [1.807, 2.05) is 24.3 Å². The van der Waals surface area contributed by atoms with E-state index in [1.54, 1.807) is 0 Å². The van der Waals surface area contributed by atoms with Gasteiger partial charge in [0.05, 0.1) is 6.54 Å². The lowest BCUT2D eigenvalue weighted by molar-refractivity contribution is 0.328. The molecule has 0 heterocycles. The van der Waals surface area contributed by atoms with Crippen molar-refractivity contribution in [3.63, 3.8) is 0 Å². The Morgan fingerprint density at radius 3 is 2.67 bits per heavy atom. The summed E-state index contributed by atoms with van der Waals surface area (Å²) in [5.41, 5.74) is 5.69.